The maximum Gasteiger partial charge on any atom is 0.389 e. The number of alkyl halides is 3. The molecule has 0 unspecified atom stereocenters. The van der Waals surface area contributed by atoms with Crippen LogP contribution in [0.25, 0.3) is 21.5 Å². The van der Waals surface area contributed by atoms with Crippen molar-refractivity contribution in [2.75, 3.05) is 0 Å². The lowest BCUT2D eigenvalue weighted by Crippen LogP contribution is -2.16. The van der Waals surface area contributed by atoms with E-state index in [1.54, 1.807) is 0 Å². The van der Waals surface area contributed by atoms with Crippen molar-refractivity contribution in [3.63, 3.8) is 0 Å². The number of halogens is 4. The molecule has 5 heteroatoms. The summed E-state index contributed by atoms with van der Waals surface area (Å²) in [5.74, 6) is 0. The lowest BCUT2D eigenvalue weighted by atomic mass is 9.92. The Kier molecular flexibility index (Phi) is 5.17. The van der Waals surface area contributed by atoms with E-state index in [9.17, 15) is 13.2 Å². The Morgan fingerprint density at radius 2 is 1.43 bits per heavy atom. The van der Waals surface area contributed by atoms with E-state index >= 15 is 0 Å². The summed E-state index contributed by atoms with van der Waals surface area (Å²) in [5, 5.41) is 4.04. The summed E-state index contributed by atoms with van der Waals surface area (Å²) in [5.41, 5.74) is 6.84. The molecule has 2 N–H and O–H groups in total. The Bertz CT molecular complexity index is 814. The fourth-order valence-electron chi connectivity index (χ4n) is 2.86. The van der Waals surface area contributed by atoms with Gasteiger partial charge >= 0.3 is 6.18 Å². The molecular formula is C18H17ClF3N. The minimum absolute atomic E-state index is 0. The zero-order chi connectivity index (χ0) is 15.7. The molecule has 0 aliphatic heterocycles. The average Bonchev–Trinajstić information content (AvgIpc) is 2.51. The molecule has 1 atom stereocenters. The monoisotopic (exact) mass is 339 g/mol. The first-order valence-corrected chi connectivity index (χ1v) is 7.18. The Morgan fingerprint density at radius 1 is 0.870 bits per heavy atom. The van der Waals surface area contributed by atoms with Crippen LogP contribution in [0.3, 0.4) is 0 Å². The van der Waals surface area contributed by atoms with Crippen molar-refractivity contribution in [1.29, 1.82) is 0 Å². The van der Waals surface area contributed by atoms with E-state index in [2.05, 4.69) is 0 Å². The van der Waals surface area contributed by atoms with Gasteiger partial charge in [0.05, 0.1) is 0 Å². The fourth-order valence-corrected chi connectivity index (χ4v) is 2.86. The molecule has 23 heavy (non-hydrogen) atoms. The largest absolute Gasteiger partial charge is 0.389 e. The van der Waals surface area contributed by atoms with Crippen molar-refractivity contribution in [2.45, 2.75) is 25.1 Å². The summed E-state index contributed by atoms with van der Waals surface area (Å²) in [6.07, 6.45) is -5.15. The number of nitrogens with two attached hydrogens (primary N) is 1. The highest BCUT2D eigenvalue weighted by atomic mass is 35.5. The molecular weight excluding hydrogens is 323 g/mol. The molecule has 0 aliphatic carbocycles. The molecule has 0 fully saturated rings. The number of hydrogen-bond donors (Lipinski definition) is 1. The van der Waals surface area contributed by atoms with Crippen molar-refractivity contribution in [1.82, 2.24) is 0 Å². The second-order valence-corrected chi connectivity index (χ2v) is 5.49. The van der Waals surface area contributed by atoms with Crippen LogP contribution in [-0.2, 0) is 0 Å². The highest BCUT2D eigenvalue weighted by Gasteiger charge is 2.28. The predicted octanol–water partition coefficient (Wildman–Crippen LogP) is 5.76. The molecule has 0 saturated heterocycles. The van der Waals surface area contributed by atoms with E-state index in [1.807, 2.05) is 54.6 Å². The summed E-state index contributed by atoms with van der Waals surface area (Å²) in [6.45, 7) is 0. The highest BCUT2D eigenvalue weighted by molar-refractivity contribution is 6.09. The highest BCUT2D eigenvalue weighted by Crippen LogP contribution is 2.34. The van der Waals surface area contributed by atoms with E-state index < -0.39 is 18.6 Å². The number of hydrogen-bond acceptors (Lipinski definition) is 1. The molecule has 1 nitrogen and oxygen atoms in total. The third-order valence-electron chi connectivity index (χ3n) is 3.94. The van der Waals surface area contributed by atoms with Gasteiger partial charge in [0, 0.05) is 12.5 Å². The summed E-state index contributed by atoms with van der Waals surface area (Å²) in [7, 11) is 0. The van der Waals surface area contributed by atoms with E-state index in [1.165, 1.54) is 0 Å². The lowest BCUT2D eigenvalue weighted by molar-refractivity contribution is -0.136. The van der Waals surface area contributed by atoms with Crippen LogP contribution >= 0.6 is 12.4 Å². The molecule has 0 bridgehead atoms. The van der Waals surface area contributed by atoms with Crippen molar-refractivity contribution in [3.05, 3.63) is 60.2 Å². The maximum atomic E-state index is 12.4. The Morgan fingerprint density at radius 3 is 2.09 bits per heavy atom. The van der Waals surface area contributed by atoms with Crippen LogP contribution in [0.1, 0.15) is 24.4 Å². The van der Waals surface area contributed by atoms with Crippen LogP contribution < -0.4 is 5.73 Å². The molecule has 0 aliphatic rings. The van der Waals surface area contributed by atoms with Gasteiger partial charge in [0.1, 0.15) is 0 Å². The molecule has 0 saturated carbocycles. The zero-order valence-electron chi connectivity index (χ0n) is 12.3. The summed E-state index contributed by atoms with van der Waals surface area (Å²) < 4.78 is 37.3. The molecule has 3 aromatic rings. The summed E-state index contributed by atoms with van der Waals surface area (Å²) in [4.78, 5) is 0. The SMILES string of the molecule is Cl.N[C@H](CCC(F)(F)F)c1cc2ccccc2c2ccccc12. The number of benzene rings is 3. The fraction of sp³-hybridized carbons (Fsp3) is 0.222. The first kappa shape index (κ1) is 17.6. The zero-order valence-corrected chi connectivity index (χ0v) is 13.1. The number of rotatable bonds is 3. The Balaban J connectivity index is 0.00000192. The van der Waals surface area contributed by atoms with Gasteiger partial charge in [0.15, 0.2) is 0 Å². The molecule has 0 radical (unpaired) electrons. The summed E-state index contributed by atoms with van der Waals surface area (Å²) in [6, 6.07) is 16.9. The van der Waals surface area contributed by atoms with Gasteiger partial charge in [-0.3, -0.25) is 0 Å². The molecule has 122 valence electrons. The minimum Gasteiger partial charge on any atom is -0.324 e. The van der Waals surface area contributed by atoms with Crippen LogP contribution in [0.15, 0.2) is 54.6 Å². The van der Waals surface area contributed by atoms with Crippen LogP contribution in [0, 0.1) is 0 Å². The van der Waals surface area contributed by atoms with Gasteiger partial charge in [-0.15, -0.1) is 12.4 Å². The van der Waals surface area contributed by atoms with Gasteiger partial charge in [0.2, 0.25) is 0 Å². The molecule has 0 spiro atoms. The van der Waals surface area contributed by atoms with Gasteiger partial charge < -0.3 is 5.73 Å². The van der Waals surface area contributed by atoms with E-state index in [0.29, 0.717) is 0 Å². The number of fused-ring (bicyclic) bond motifs is 3. The van der Waals surface area contributed by atoms with Crippen LogP contribution in [0.4, 0.5) is 13.2 Å². The van der Waals surface area contributed by atoms with Gasteiger partial charge in [-0.25, -0.2) is 0 Å². The van der Waals surface area contributed by atoms with Crippen molar-refractivity contribution in [2.24, 2.45) is 5.73 Å². The normalized spacial score (nSPS) is 13.0. The van der Waals surface area contributed by atoms with Crippen molar-refractivity contribution in [3.8, 4) is 0 Å². The Hall–Kier alpha value is -1.78. The van der Waals surface area contributed by atoms with Gasteiger partial charge in [-0.2, -0.15) is 13.2 Å². The summed E-state index contributed by atoms with van der Waals surface area (Å²) >= 11 is 0. The van der Waals surface area contributed by atoms with Gasteiger partial charge in [-0.1, -0.05) is 48.5 Å². The van der Waals surface area contributed by atoms with Gasteiger partial charge in [-0.05, 0) is 39.6 Å². The third kappa shape index (κ3) is 3.77. The third-order valence-corrected chi connectivity index (χ3v) is 3.94. The first-order valence-electron chi connectivity index (χ1n) is 7.18. The van der Waals surface area contributed by atoms with Crippen molar-refractivity contribution < 1.29 is 13.2 Å². The van der Waals surface area contributed by atoms with E-state index in [-0.39, 0.29) is 18.8 Å². The second-order valence-electron chi connectivity index (χ2n) is 5.49. The van der Waals surface area contributed by atoms with E-state index in [0.717, 1.165) is 27.1 Å². The molecule has 0 amide bonds. The minimum atomic E-state index is -4.18. The molecule has 0 aromatic heterocycles. The molecule has 0 heterocycles. The quantitative estimate of drug-likeness (QED) is 0.603. The van der Waals surface area contributed by atoms with E-state index in [4.69, 9.17) is 5.73 Å². The van der Waals surface area contributed by atoms with Gasteiger partial charge in [0.25, 0.3) is 0 Å². The van der Waals surface area contributed by atoms with Crippen LogP contribution in [0.2, 0.25) is 0 Å². The van der Waals surface area contributed by atoms with Crippen molar-refractivity contribution >= 4 is 34.0 Å². The molecule has 3 rings (SSSR count). The standard InChI is InChI=1S/C18H16F3N.ClH/c19-18(20,21)10-9-17(22)16-11-12-5-1-2-6-13(12)14-7-3-4-8-15(14)16;/h1-8,11,17H,9-10,22H2;1H/t17-;/m1./s1. The van der Waals surface area contributed by atoms with Crippen LogP contribution in [0.5, 0.6) is 0 Å². The maximum absolute atomic E-state index is 12.4. The Labute approximate surface area is 138 Å². The topological polar surface area (TPSA) is 26.0 Å². The second kappa shape index (κ2) is 6.77. The lowest BCUT2D eigenvalue weighted by Gasteiger charge is -2.17. The first-order chi connectivity index (χ1) is 10.5. The average molecular weight is 340 g/mol. The predicted molar refractivity (Wildman–Crippen MR) is 90.9 cm³/mol. The molecule has 3 aromatic carbocycles. The van der Waals surface area contributed by atoms with Crippen LogP contribution in [-0.4, -0.2) is 6.18 Å². The smallest absolute Gasteiger partial charge is 0.324 e.